The molecule has 202 valence electrons. The highest BCUT2D eigenvalue weighted by atomic mass is 19.1. The summed E-state index contributed by atoms with van der Waals surface area (Å²) in [5.74, 6) is -0.441. The molecule has 1 aliphatic carbocycles. The van der Waals surface area contributed by atoms with Gasteiger partial charge in [0.1, 0.15) is 6.17 Å². The predicted octanol–water partition coefficient (Wildman–Crippen LogP) is 4.36. The van der Waals surface area contributed by atoms with Gasteiger partial charge in [0.05, 0.1) is 41.8 Å². The molecule has 2 aliphatic heterocycles. The number of aryl methyl sites for hydroxylation is 1. The topological polar surface area (TPSA) is 107 Å². The lowest BCUT2D eigenvalue weighted by Gasteiger charge is -2.55. The van der Waals surface area contributed by atoms with Crippen molar-refractivity contribution >= 4 is 22.8 Å². The number of anilines is 2. The van der Waals surface area contributed by atoms with E-state index in [9.17, 15) is 9.18 Å². The van der Waals surface area contributed by atoms with Gasteiger partial charge in [-0.15, -0.1) is 0 Å². The van der Waals surface area contributed by atoms with E-state index in [1.807, 2.05) is 51.2 Å². The average molecular weight is 533 g/mol. The first-order valence-corrected chi connectivity index (χ1v) is 13.1. The number of rotatable bonds is 5. The predicted molar refractivity (Wildman–Crippen MR) is 140 cm³/mol. The zero-order valence-electron chi connectivity index (χ0n) is 22.0. The second-order valence-corrected chi connectivity index (χ2v) is 11.4. The molecule has 7 rings (SSSR count). The van der Waals surface area contributed by atoms with Gasteiger partial charge in [0, 0.05) is 36.2 Å². The van der Waals surface area contributed by atoms with E-state index in [-0.39, 0.29) is 17.2 Å². The number of aromatic nitrogens is 4. The highest BCUT2D eigenvalue weighted by Gasteiger charge is 2.48. The summed E-state index contributed by atoms with van der Waals surface area (Å²) < 4.78 is 32.1. The van der Waals surface area contributed by atoms with Crippen molar-refractivity contribution in [1.82, 2.24) is 19.8 Å². The number of carbonyl (C=O) groups excluding carboxylic acids is 1. The quantitative estimate of drug-likeness (QED) is 0.404. The number of hydrogen-bond acceptors (Lipinski definition) is 8. The van der Waals surface area contributed by atoms with E-state index in [1.165, 1.54) is 0 Å². The maximum Gasteiger partial charge on any atom is 0.259 e. The van der Waals surface area contributed by atoms with Crippen molar-refractivity contribution in [3.05, 3.63) is 59.7 Å². The Labute approximate surface area is 224 Å². The molecule has 2 atom stereocenters. The lowest BCUT2D eigenvalue weighted by molar-refractivity contribution is -0.288. The van der Waals surface area contributed by atoms with Crippen LogP contribution >= 0.6 is 0 Å². The Morgan fingerprint density at radius 1 is 1.15 bits per heavy atom. The molecule has 1 spiro atoms. The maximum absolute atomic E-state index is 13.4. The number of carbonyl (C=O) groups is 1. The first kappa shape index (κ1) is 24.2. The van der Waals surface area contributed by atoms with Crippen molar-refractivity contribution in [1.29, 1.82) is 0 Å². The Bertz CT molecular complexity index is 1580. The lowest BCUT2D eigenvalue weighted by Crippen LogP contribution is -2.64. The highest BCUT2D eigenvalue weighted by Crippen LogP contribution is 2.43. The van der Waals surface area contributed by atoms with Gasteiger partial charge in [0.2, 0.25) is 11.7 Å². The summed E-state index contributed by atoms with van der Waals surface area (Å²) in [7, 11) is 0. The number of alkyl halides is 1. The molecule has 3 aliphatic rings. The van der Waals surface area contributed by atoms with Crippen LogP contribution in [0.2, 0.25) is 0 Å². The number of ether oxygens (including phenoxy) is 2. The van der Waals surface area contributed by atoms with Crippen LogP contribution in [-0.2, 0) is 9.47 Å². The summed E-state index contributed by atoms with van der Waals surface area (Å²) in [6.07, 6.45) is 2.94. The first-order chi connectivity index (χ1) is 18.7. The molecule has 0 bridgehead atoms. The van der Waals surface area contributed by atoms with E-state index in [1.54, 1.807) is 16.8 Å². The van der Waals surface area contributed by atoms with Crippen LogP contribution in [0.25, 0.3) is 16.9 Å². The SMILES string of the molecule is Cc1ccc(-c2noc([C@H]3C[C@@H]3F)n2)cc1NC(=O)c1cnn2ccc(N3CC4(COC(C)(C)OC4)C3)cc12. The Kier molecular flexibility index (Phi) is 5.33. The van der Waals surface area contributed by atoms with E-state index in [0.717, 1.165) is 24.3 Å². The summed E-state index contributed by atoms with van der Waals surface area (Å²) in [5.41, 5.74) is 4.37. The molecule has 2 saturated heterocycles. The van der Waals surface area contributed by atoms with Crippen LogP contribution in [0.15, 0.2) is 47.2 Å². The fourth-order valence-corrected chi connectivity index (χ4v) is 5.21. The number of pyridine rings is 1. The van der Waals surface area contributed by atoms with E-state index in [4.69, 9.17) is 14.0 Å². The monoisotopic (exact) mass is 532 g/mol. The van der Waals surface area contributed by atoms with Crippen molar-refractivity contribution in [3.63, 3.8) is 0 Å². The zero-order valence-corrected chi connectivity index (χ0v) is 22.0. The van der Waals surface area contributed by atoms with Crippen molar-refractivity contribution in [2.24, 2.45) is 5.41 Å². The second kappa shape index (κ2) is 8.59. The van der Waals surface area contributed by atoms with Crippen LogP contribution < -0.4 is 10.2 Å². The van der Waals surface area contributed by atoms with Crippen molar-refractivity contribution < 1.29 is 23.2 Å². The van der Waals surface area contributed by atoms with E-state index >= 15 is 0 Å². The fourth-order valence-electron chi connectivity index (χ4n) is 5.21. The van der Waals surface area contributed by atoms with E-state index < -0.39 is 12.0 Å². The van der Waals surface area contributed by atoms with Crippen LogP contribution in [0.5, 0.6) is 0 Å². The number of halogens is 1. The molecular weight excluding hydrogens is 503 g/mol. The number of benzene rings is 1. The van der Waals surface area contributed by atoms with Gasteiger partial charge in [-0.2, -0.15) is 10.1 Å². The van der Waals surface area contributed by atoms with Gasteiger partial charge in [0.25, 0.3) is 5.91 Å². The van der Waals surface area contributed by atoms with Gasteiger partial charge in [0.15, 0.2) is 5.79 Å². The smallest absolute Gasteiger partial charge is 0.259 e. The van der Waals surface area contributed by atoms with Gasteiger partial charge in [-0.1, -0.05) is 17.3 Å². The number of hydrogen-bond donors (Lipinski definition) is 1. The highest BCUT2D eigenvalue weighted by molar-refractivity contribution is 6.09. The molecule has 1 saturated carbocycles. The van der Waals surface area contributed by atoms with Gasteiger partial charge in [-0.3, -0.25) is 4.79 Å². The average Bonchev–Trinajstić information content (AvgIpc) is 3.27. The molecule has 1 aromatic carbocycles. The molecule has 4 aromatic rings. The summed E-state index contributed by atoms with van der Waals surface area (Å²) >= 11 is 0. The van der Waals surface area contributed by atoms with E-state index in [0.29, 0.717) is 53.7 Å². The first-order valence-electron chi connectivity index (χ1n) is 13.1. The normalized spacial score (nSPS) is 23.1. The van der Waals surface area contributed by atoms with Crippen LogP contribution in [0.3, 0.4) is 0 Å². The molecule has 10 nitrogen and oxygen atoms in total. The van der Waals surface area contributed by atoms with Gasteiger partial charge < -0.3 is 24.2 Å². The largest absolute Gasteiger partial charge is 0.370 e. The molecule has 5 heterocycles. The minimum absolute atomic E-state index is 0.00363. The molecule has 0 radical (unpaired) electrons. The number of amides is 1. The summed E-state index contributed by atoms with van der Waals surface area (Å²) in [5, 5.41) is 11.4. The summed E-state index contributed by atoms with van der Waals surface area (Å²) in [4.78, 5) is 20.0. The molecule has 11 heteroatoms. The van der Waals surface area contributed by atoms with Crippen LogP contribution in [0, 0.1) is 12.3 Å². The van der Waals surface area contributed by atoms with Gasteiger partial charge in [-0.05, 0) is 51.0 Å². The Morgan fingerprint density at radius 2 is 1.92 bits per heavy atom. The molecule has 1 amide bonds. The standard InChI is InChI=1S/C28H29FN6O4/c1-16-4-5-17(24-32-26(39-33-24)19-10-21(19)29)8-22(16)31-25(36)20-11-30-35-7-6-18(9-23(20)35)34-12-28(13-34)14-37-27(2,3)38-15-28/h4-9,11,19,21H,10,12-15H2,1-3H3,(H,31,36)/t19-,21-/m0/s1. The zero-order chi connectivity index (χ0) is 26.9. The number of nitrogens with one attached hydrogen (secondary N) is 1. The Morgan fingerprint density at radius 3 is 2.67 bits per heavy atom. The molecule has 3 aromatic heterocycles. The molecule has 3 fully saturated rings. The number of nitrogens with zero attached hydrogens (tertiary/aromatic N) is 5. The van der Waals surface area contributed by atoms with Crippen molar-refractivity contribution in [2.75, 3.05) is 36.5 Å². The summed E-state index contributed by atoms with van der Waals surface area (Å²) in [6, 6.07) is 9.52. The molecule has 1 N–H and O–H groups in total. The Hall–Kier alpha value is -3.83. The second-order valence-electron chi connectivity index (χ2n) is 11.4. The van der Waals surface area contributed by atoms with Crippen molar-refractivity contribution in [2.45, 2.75) is 45.1 Å². The lowest BCUT2D eigenvalue weighted by atomic mass is 9.80. The fraction of sp³-hybridized carbons (Fsp3) is 0.429. The molecular formula is C28H29FN6O4. The molecule has 39 heavy (non-hydrogen) atoms. The minimum atomic E-state index is -0.914. The van der Waals surface area contributed by atoms with Gasteiger partial charge >= 0.3 is 0 Å². The van der Waals surface area contributed by atoms with Gasteiger partial charge in [-0.25, -0.2) is 8.91 Å². The Balaban J connectivity index is 1.09. The maximum atomic E-state index is 13.4. The van der Waals surface area contributed by atoms with Crippen molar-refractivity contribution in [3.8, 4) is 11.4 Å². The number of fused-ring (bicyclic) bond motifs is 1. The third-order valence-electron chi connectivity index (χ3n) is 7.83. The summed E-state index contributed by atoms with van der Waals surface area (Å²) in [6.45, 7) is 8.77. The molecule has 0 unspecified atom stereocenters. The van der Waals surface area contributed by atoms with Crippen LogP contribution in [-0.4, -0.2) is 63.9 Å². The van der Waals surface area contributed by atoms with Crippen LogP contribution in [0.4, 0.5) is 15.8 Å². The third-order valence-corrected chi connectivity index (χ3v) is 7.83. The van der Waals surface area contributed by atoms with Crippen LogP contribution in [0.1, 0.15) is 48.0 Å². The third kappa shape index (κ3) is 4.35. The minimum Gasteiger partial charge on any atom is -0.370 e. The van der Waals surface area contributed by atoms with E-state index in [2.05, 4.69) is 25.5 Å².